The zero-order chi connectivity index (χ0) is 16.5. The molecule has 3 aromatic rings. The van der Waals surface area contributed by atoms with Gasteiger partial charge in [0.25, 0.3) is 0 Å². The maximum Gasteiger partial charge on any atom is 0.147 e. The molecular formula is C19H20N4O. The van der Waals surface area contributed by atoms with E-state index in [1.807, 2.05) is 42.6 Å². The second-order valence-electron chi connectivity index (χ2n) is 6.17. The lowest BCUT2D eigenvalue weighted by atomic mass is 9.95. The molecule has 0 radical (unpaired) electrons. The number of ether oxygens (including phenoxy) is 1. The summed E-state index contributed by atoms with van der Waals surface area (Å²) in [5.41, 5.74) is 9.44. The van der Waals surface area contributed by atoms with Crippen LogP contribution < -0.4 is 15.4 Å². The third-order valence-corrected chi connectivity index (χ3v) is 4.65. The molecule has 122 valence electrons. The van der Waals surface area contributed by atoms with Crippen LogP contribution in [0.25, 0.3) is 11.0 Å². The average Bonchev–Trinajstić information content (AvgIpc) is 3.03. The summed E-state index contributed by atoms with van der Waals surface area (Å²) in [5.74, 6) is 2.01. The van der Waals surface area contributed by atoms with Gasteiger partial charge in [-0.1, -0.05) is 24.3 Å². The van der Waals surface area contributed by atoms with Crippen molar-refractivity contribution in [2.75, 3.05) is 25.1 Å². The number of hydrogen-bond acceptors (Lipinski definition) is 5. The van der Waals surface area contributed by atoms with Crippen LogP contribution in [0.15, 0.2) is 54.7 Å². The molecule has 1 aliphatic rings. The molecule has 5 nitrogen and oxygen atoms in total. The Hall–Kier alpha value is -2.66. The van der Waals surface area contributed by atoms with E-state index in [-0.39, 0.29) is 12.0 Å². The van der Waals surface area contributed by atoms with E-state index < -0.39 is 0 Å². The Kier molecular flexibility index (Phi) is 3.78. The maximum atomic E-state index is 6.41. The van der Waals surface area contributed by atoms with E-state index in [0.29, 0.717) is 0 Å². The number of rotatable bonds is 3. The highest BCUT2D eigenvalue weighted by Gasteiger charge is 2.32. The predicted molar refractivity (Wildman–Crippen MR) is 95.5 cm³/mol. The minimum Gasteiger partial charge on any atom is -0.497 e. The van der Waals surface area contributed by atoms with Gasteiger partial charge in [-0.05, 0) is 29.8 Å². The molecule has 4 rings (SSSR count). The molecule has 0 saturated carbocycles. The summed E-state index contributed by atoms with van der Waals surface area (Å²) in [6, 6.07) is 16.1. The first-order valence-electron chi connectivity index (χ1n) is 8.11. The molecule has 0 spiro atoms. The number of benzene rings is 2. The molecule has 24 heavy (non-hydrogen) atoms. The fourth-order valence-electron chi connectivity index (χ4n) is 3.34. The lowest BCUT2D eigenvalue weighted by Crippen LogP contribution is -2.29. The Labute approximate surface area is 141 Å². The minimum atomic E-state index is 0.0605. The van der Waals surface area contributed by atoms with Gasteiger partial charge in [0.2, 0.25) is 0 Å². The van der Waals surface area contributed by atoms with Crippen LogP contribution >= 0.6 is 0 Å². The lowest BCUT2D eigenvalue weighted by molar-refractivity contribution is 0.413. The van der Waals surface area contributed by atoms with Gasteiger partial charge < -0.3 is 15.4 Å². The summed E-state index contributed by atoms with van der Waals surface area (Å²) in [7, 11) is 1.69. The van der Waals surface area contributed by atoms with E-state index in [1.165, 1.54) is 5.56 Å². The Morgan fingerprint density at radius 1 is 1.08 bits per heavy atom. The van der Waals surface area contributed by atoms with Crippen LogP contribution in [-0.2, 0) is 0 Å². The first-order valence-corrected chi connectivity index (χ1v) is 8.11. The van der Waals surface area contributed by atoms with E-state index in [9.17, 15) is 0 Å². The van der Waals surface area contributed by atoms with Crippen LogP contribution in [0.4, 0.5) is 5.82 Å². The topological polar surface area (TPSA) is 64.3 Å². The lowest BCUT2D eigenvalue weighted by Gasteiger charge is -2.17. The highest BCUT2D eigenvalue weighted by molar-refractivity contribution is 5.75. The Morgan fingerprint density at radius 3 is 2.75 bits per heavy atom. The van der Waals surface area contributed by atoms with Crippen molar-refractivity contribution in [3.8, 4) is 5.75 Å². The summed E-state index contributed by atoms with van der Waals surface area (Å²) < 4.78 is 5.33. The van der Waals surface area contributed by atoms with Gasteiger partial charge in [-0.15, -0.1) is 0 Å². The maximum absolute atomic E-state index is 6.41. The molecule has 1 aliphatic heterocycles. The van der Waals surface area contributed by atoms with E-state index in [1.54, 1.807) is 7.11 Å². The van der Waals surface area contributed by atoms with E-state index in [4.69, 9.17) is 15.5 Å². The van der Waals surface area contributed by atoms with Crippen LogP contribution in [0.2, 0.25) is 0 Å². The molecule has 1 aromatic heterocycles. The molecule has 2 heterocycles. The van der Waals surface area contributed by atoms with Crippen molar-refractivity contribution in [1.29, 1.82) is 0 Å². The van der Waals surface area contributed by atoms with Gasteiger partial charge in [0.15, 0.2) is 0 Å². The summed E-state index contributed by atoms with van der Waals surface area (Å²) in [6.45, 7) is 1.61. The minimum absolute atomic E-state index is 0.0605. The van der Waals surface area contributed by atoms with Gasteiger partial charge >= 0.3 is 0 Å². The summed E-state index contributed by atoms with van der Waals surface area (Å²) in [5, 5.41) is 0. The van der Waals surface area contributed by atoms with Gasteiger partial charge in [0.05, 0.1) is 24.3 Å². The van der Waals surface area contributed by atoms with Crippen molar-refractivity contribution in [2.45, 2.75) is 12.0 Å². The molecule has 1 saturated heterocycles. The monoisotopic (exact) mass is 320 g/mol. The third-order valence-electron chi connectivity index (χ3n) is 4.65. The van der Waals surface area contributed by atoms with Crippen LogP contribution in [0.3, 0.4) is 0 Å². The summed E-state index contributed by atoms with van der Waals surface area (Å²) in [6.07, 6.45) is 1.84. The Balaban J connectivity index is 1.61. The van der Waals surface area contributed by atoms with Crippen LogP contribution in [0.5, 0.6) is 5.75 Å². The molecule has 1 fully saturated rings. The van der Waals surface area contributed by atoms with Gasteiger partial charge in [-0.2, -0.15) is 0 Å². The standard InChI is InChI=1S/C19H20N4O/c1-24-14-6-4-5-13(9-14)15-11-23(12-16(15)20)19-10-21-17-7-2-3-8-18(17)22-19/h2-10,15-16H,11-12,20H2,1H3/t15-,16+/m0/s1. The van der Waals surface area contributed by atoms with Crippen molar-refractivity contribution in [2.24, 2.45) is 5.73 Å². The largest absolute Gasteiger partial charge is 0.497 e. The number of methoxy groups -OCH3 is 1. The van der Waals surface area contributed by atoms with Crippen LogP contribution in [0.1, 0.15) is 11.5 Å². The Bertz CT molecular complexity index is 867. The molecule has 0 bridgehead atoms. The van der Waals surface area contributed by atoms with Crippen molar-refractivity contribution in [1.82, 2.24) is 9.97 Å². The van der Waals surface area contributed by atoms with Gasteiger partial charge in [-0.3, -0.25) is 4.98 Å². The van der Waals surface area contributed by atoms with Crippen molar-refractivity contribution < 1.29 is 4.74 Å². The number of nitrogens with two attached hydrogens (primary N) is 1. The summed E-state index contributed by atoms with van der Waals surface area (Å²) >= 11 is 0. The zero-order valence-corrected chi connectivity index (χ0v) is 13.6. The number of aromatic nitrogens is 2. The molecule has 5 heteroatoms. The van der Waals surface area contributed by atoms with Crippen molar-refractivity contribution in [3.63, 3.8) is 0 Å². The molecule has 2 atom stereocenters. The fourth-order valence-corrected chi connectivity index (χ4v) is 3.34. The third kappa shape index (κ3) is 2.67. The smallest absolute Gasteiger partial charge is 0.147 e. The molecule has 0 unspecified atom stereocenters. The zero-order valence-electron chi connectivity index (χ0n) is 13.6. The molecular weight excluding hydrogens is 300 g/mol. The first kappa shape index (κ1) is 14.9. The SMILES string of the molecule is COc1cccc([C@@H]2CN(c3cnc4ccccc4n3)C[C@H]2N)c1. The fraction of sp³-hybridized carbons (Fsp3) is 0.263. The van der Waals surface area contributed by atoms with Gasteiger partial charge in [0.1, 0.15) is 11.6 Å². The molecule has 2 aromatic carbocycles. The highest BCUT2D eigenvalue weighted by atomic mass is 16.5. The number of anilines is 1. The van der Waals surface area contributed by atoms with Crippen LogP contribution in [0, 0.1) is 0 Å². The first-order chi connectivity index (χ1) is 11.7. The van der Waals surface area contributed by atoms with Gasteiger partial charge in [0, 0.05) is 25.0 Å². The number of nitrogens with zero attached hydrogens (tertiary/aromatic N) is 3. The normalized spacial score (nSPS) is 20.5. The van der Waals surface area contributed by atoms with E-state index >= 15 is 0 Å². The molecule has 2 N–H and O–H groups in total. The Morgan fingerprint density at radius 2 is 1.92 bits per heavy atom. The number of para-hydroxylation sites is 2. The number of hydrogen-bond donors (Lipinski definition) is 1. The molecule has 0 aliphatic carbocycles. The van der Waals surface area contributed by atoms with Crippen molar-refractivity contribution >= 4 is 16.9 Å². The van der Waals surface area contributed by atoms with E-state index in [2.05, 4.69) is 22.0 Å². The number of fused-ring (bicyclic) bond motifs is 1. The van der Waals surface area contributed by atoms with Crippen molar-refractivity contribution in [3.05, 3.63) is 60.3 Å². The molecule has 0 amide bonds. The quantitative estimate of drug-likeness (QED) is 0.803. The second-order valence-corrected chi connectivity index (χ2v) is 6.17. The highest BCUT2D eigenvalue weighted by Crippen LogP contribution is 2.31. The predicted octanol–water partition coefficient (Wildman–Crippen LogP) is 2.57. The van der Waals surface area contributed by atoms with Gasteiger partial charge in [-0.25, -0.2) is 4.98 Å². The van der Waals surface area contributed by atoms with E-state index in [0.717, 1.165) is 35.7 Å². The second kappa shape index (κ2) is 6.09. The average molecular weight is 320 g/mol. The van der Waals surface area contributed by atoms with Crippen LogP contribution in [-0.4, -0.2) is 36.2 Å². The summed E-state index contributed by atoms with van der Waals surface area (Å²) in [4.78, 5) is 11.5.